The molecule has 1 saturated heterocycles. The monoisotopic (exact) mass is 301 g/mol. The van der Waals surface area contributed by atoms with E-state index < -0.39 is 28.7 Å². The zero-order valence-electron chi connectivity index (χ0n) is 13.6. The van der Waals surface area contributed by atoms with Crippen LogP contribution < -0.4 is 0 Å². The molecule has 6 heteroatoms. The van der Waals surface area contributed by atoms with Gasteiger partial charge in [-0.3, -0.25) is 4.79 Å². The summed E-state index contributed by atoms with van der Waals surface area (Å²) >= 11 is 0. The van der Waals surface area contributed by atoms with Crippen molar-refractivity contribution in [3.63, 3.8) is 0 Å². The Labute approximate surface area is 126 Å². The van der Waals surface area contributed by atoms with E-state index in [4.69, 9.17) is 4.74 Å². The van der Waals surface area contributed by atoms with E-state index in [0.29, 0.717) is 25.8 Å². The highest BCUT2D eigenvalue weighted by atomic mass is 16.6. The van der Waals surface area contributed by atoms with Crippen LogP contribution in [0.4, 0.5) is 4.79 Å². The van der Waals surface area contributed by atoms with E-state index >= 15 is 0 Å². The van der Waals surface area contributed by atoms with Crippen molar-refractivity contribution in [1.82, 2.24) is 4.90 Å². The van der Waals surface area contributed by atoms with Gasteiger partial charge in [-0.2, -0.15) is 0 Å². The van der Waals surface area contributed by atoms with Crippen molar-refractivity contribution in [2.75, 3.05) is 13.1 Å². The number of nitrogens with zero attached hydrogens (tertiary/aromatic N) is 1. The minimum Gasteiger partial charge on any atom is -0.481 e. The fourth-order valence-electron chi connectivity index (χ4n) is 2.39. The minimum atomic E-state index is -0.989. The topological polar surface area (TPSA) is 87.1 Å². The molecule has 0 aromatic heterocycles. The zero-order chi connectivity index (χ0) is 16.5. The number of likely N-dealkylation sites (tertiary alicyclic amines) is 1. The number of amides is 1. The van der Waals surface area contributed by atoms with Gasteiger partial charge in [-0.15, -0.1) is 0 Å². The Morgan fingerprint density at radius 3 is 2.24 bits per heavy atom. The Morgan fingerprint density at radius 2 is 1.81 bits per heavy atom. The number of carboxylic acid groups (broad SMARTS) is 1. The standard InChI is InChI=1S/C15H27NO5/c1-13(2,3)21-12(19)16-9-8-15(10-16,11(17)18)7-6-14(4,5)20/h20H,6-10H2,1-5H3,(H,17,18). The van der Waals surface area contributed by atoms with E-state index in [9.17, 15) is 19.8 Å². The zero-order valence-corrected chi connectivity index (χ0v) is 13.6. The van der Waals surface area contributed by atoms with Crippen molar-refractivity contribution in [3.8, 4) is 0 Å². The van der Waals surface area contributed by atoms with Crippen LogP contribution in [-0.2, 0) is 9.53 Å². The van der Waals surface area contributed by atoms with Crippen LogP contribution in [0.25, 0.3) is 0 Å². The molecule has 1 aliphatic heterocycles. The number of rotatable bonds is 4. The predicted octanol–water partition coefficient (Wildman–Crippen LogP) is 2.25. The number of carbonyl (C=O) groups is 2. The molecule has 0 aromatic carbocycles. The number of hydrogen-bond donors (Lipinski definition) is 2. The average Bonchev–Trinajstić information content (AvgIpc) is 2.68. The largest absolute Gasteiger partial charge is 0.481 e. The lowest BCUT2D eigenvalue weighted by Gasteiger charge is -2.29. The maximum atomic E-state index is 12.0. The molecule has 2 N–H and O–H groups in total. The van der Waals surface area contributed by atoms with E-state index in [1.54, 1.807) is 34.6 Å². The molecule has 1 aliphatic rings. The van der Waals surface area contributed by atoms with Crippen molar-refractivity contribution in [1.29, 1.82) is 0 Å². The quantitative estimate of drug-likeness (QED) is 0.831. The summed E-state index contributed by atoms with van der Waals surface area (Å²) in [5, 5.41) is 19.3. The first-order chi connectivity index (χ1) is 9.35. The van der Waals surface area contributed by atoms with Crippen LogP contribution in [0, 0.1) is 5.41 Å². The number of hydrogen-bond acceptors (Lipinski definition) is 4. The van der Waals surface area contributed by atoms with Gasteiger partial charge in [0.05, 0.1) is 11.0 Å². The maximum absolute atomic E-state index is 12.0. The van der Waals surface area contributed by atoms with Gasteiger partial charge in [0.2, 0.25) is 0 Å². The molecule has 1 amide bonds. The Morgan fingerprint density at radius 1 is 1.24 bits per heavy atom. The van der Waals surface area contributed by atoms with Gasteiger partial charge in [0.1, 0.15) is 5.60 Å². The molecule has 1 rings (SSSR count). The lowest BCUT2D eigenvalue weighted by Crippen LogP contribution is -2.40. The highest BCUT2D eigenvalue weighted by Crippen LogP contribution is 2.37. The van der Waals surface area contributed by atoms with Crippen LogP contribution in [0.1, 0.15) is 53.9 Å². The van der Waals surface area contributed by atoms with Crippen molar-refractivity contribution in [2.45, 2.75) is 65.1 Å². The molecule has 6 nitrogen and oxygen atoms in total. The third-order valence-electron chi connectivity index (χ3n) is 3.67. The first-order valence-electron chi connectivity index (χ1n) is 7.28. The maximum Gasteiger partial charge on any atom is 0.410 e. The fraction of sp³-hybridized carbons (Fsp3) is 0.867. The highest BCUT2D eigenvalue weighted by Gasteiger charge is 2.47. The van der Waals surface area contributed by atoms with Crippen LogP contribution in [0.2, 0.25) is 0 Å². The number of aliphatic carboxylic acids is 1. The molecule has 1 heterocycles. The van der Waals surface area contributed by atoms with E-state index in [1.165, 1.54) is 4.90 Å². The fourth-order valence-corrected chi connectivity index (χ4v) is 2.39. The summed E-state index contributed by atoms with van der Waals surface area (Å²) in [6, 6.07) is 0. The molecule has 0 spiro atoms. The van der Waals surface area contributed by atoms with Crippen LogP contribution in [0.15, 0.2) is 0 Å². The number of carboxylic acids is 1. The Balaban J connectivity index is 2.74. The molecule has 1 unspecified atom stereocenters. The number of ether oxygens (including phenoxy) is 1. The minimum absolute atomic E-state index is 0.132. The molecule has 0 aromatic rings. The average molecular weight is 301 g/mol. The SMILES string of the molecule is CC(C)(O)CCC1(C(=O)O)CCN(C(=O)OC(C)(C)C)C1. The van der Waals surface area contributed by atoms with Gasteiger partial charge in [0.15, 0.2) is 0 Å². The Hall–Kier alpha value is -1.30. The molecule has 0 saturated carbocycles. The van der Waals surface area contributed by atoms with Gasteiger partial charge in [-0.1, -0.05) is 0 Å². The van der Waals surface area contributed by atoms with Gasteiger partial charge in [0.25, 0.3) is 0 Å². The van der Waals surface area contributed by atoms with Crippen molar-refractivity contribution >= 4 is 12.1 Å². The summed E-state index contributed by atoms with van der Waals surface area (Å²) in [5.74, 6) is -0.919. The summed E-state index contributed by atoms with van der Waals surface area (Å²) in [7, 11) is 0. The van der Waals surface area contributed by atoms with Crippen molar-refractivity contribution in [2.24, 2.45) is 5.41 Å². The van der Waals surface area contributed by atoms with E-state index in [1.807, 2.05) is 0 Å². The van der Waals surface area contributed by atoms with Gasteiger partial charge in [0, 0.05) is 13.1 Å². The van der Waals surface area contributed by atoms with E-state index in [-0.39, 0.29) is 6.54 Å². The Bertz CT molecular complexity index is 407. The summed E-state index contributed by atoms with van der Waals surface area (Å²) in [5.41, 5.74) is -2.50. The number of aliphatic hydroxyl groups is 1. The lowest BCUT2D eigenvalue weighted by molar-refractivity contribution is -0.149. The van der Waals surface area contributed by atoms with Crippen LogP contribution in [0.3, 0.4) is 0 Å². The first kappa shape index (κ1) is 17.8. The second-order valence-electron chi connectivity index (χ2n) is 7.55. The first-order valence-corrected chi connectivity index (χ1v) is 7.28. The number of carbonyl (C=O) groups excluding carboxylic acids is 1. The molecule has 0 bridgehead atoms. The summed E-state index contributed by atoms with van der Waals surface area (Å²) in [4.78, 5) is 25.1. The van der Waals surface area contributed by atoms with Crippen LogP contribution in [-0.4, -0.2) is 51.5 Å². The van der Waals surface area contributed by atoms with Crippen LogP contribution >= 0.6 is 0 Å². The summed E-state index contributed by atoms with van der Waals surface area (Å²) in [6.07, 6.45) is 0.624. The molecule has 0 aliphatic carbocycles. The van der Waals surface area contributed by atoms with Crippen molar-refractivity contribution in [3.05, 3.63) is 0 Å². The van der Waals surface area contributed by atoms with Gasteiger partial charge in [-0.25, -0.2) is 4.79 Å². The van der Waals surface area contributed by atoms with Crippen LogP contribution in [0.5, 0.6) is 0 Å². The lowest BCUT2D eigenvalue weighted by atomic mass is 9.80. The predicted molar refractivity (Wildman–Crippen MR) is 78.0 cm³/mol. The third-order valence-corrected chi connectivity index (χ3v) is 3.67. The Kier molecular flexibility index (Phi) is 4.93. The third kappa shape index (κ3) is 5.19. The van der Waals surface area contributed by atoms with Crippen molar-refractivity contribution < 1.29 is 24.5 Å². The highest BCUT2D eigenvalue weighted by molar-refractivity contribution is 5.78. The molecular formula is C15H27NO5. The molecule has 1 atom stereocenters. The molecule has 122 valence electrons. The second kappa shape index (κ2) is 5.83. The van der Waals surface area contributed by atoms with Gasteiger partial charge >= 0.3 is 12.1 Å². The summed E-state index contributed by atoms with van der Waals surface area (Å²) in [6.45, 7) is 9.14. The second-order valence-corrected chi connectivity index (χ2v) is 7.55. The smallest absolute Gasteiger partial charge is 0.410 e. The molecular weight excluding hydrogens is 274 g/mol. The van der Waals surface area contributed by atoms with Gasteiger partial charge < -0.3 is 19.8 Å². The molecule has 0 radical (unpaired) electrons. The van der Waals surface area contributed by atoms with E-state index in [0.717, 1.165) is 0 Å². The molecule has 21 heavy (non-hydrogen) atoms. The normalized spacial score (nSPS) is 23.2. The summed E-state index contributed by atoms with van der Waals surface area (Å²) < 4.78 is 5.28. The van der Waals surface area contributed by atoms with E-state index in [2.05, 4.69) is 0 Å². The van der Waals surface area contributed by atoms with Gasteiger partial charge in [-0.05, 0) is 53.9 Å². The molecule has 1 fully saturated rings.